The molecule has 0 aliphatic heterocycles. The van der Waals surface area contributed by atoms with E-state index in [-0.39, 0.29) is 0 Å². The summed E-state index contributed by atoms with van der Waals surface area (Å²) >= 11 is 1.52. The molecule has 1 heterocycles. The van der Waals surface area contributed by atoms with Gasteiger partial charge in [-0.2, -0.15) is 5.26 Å². The predicted octanol–water partition coefficient (Wildman–Crippen LogP) is 4.68. The zero-order valence-electron chi connectivity index (χ0n) is 13.3. The highest BCUT2D eigenvalue weighted by atomic mass is 32.1. The molecule has 3 rings (SSSR count). The van der Waals surface area contributed by atoms with Crippen LogP contribution < -0.4 is 9.47 Å². The summed E-state index contributed by atoms with van der Waals surface area (Å²) in [5, 5.41) is 12.3. The van der Waals surface area contributed by atoms with E-state index < -0.39 is 0 Å². The molecule has 0 atom stereocenters. The third kappa shape index (κ3) is 3.08. The van der Waals surface area contributed by atoms with Gasteiger partial charge in [-0.1, -0.05) is 0 Å². The van der Waals surface area contributed by atoms with Crippen molar-refractivity contribution in [1.29, 1.82) is 5.26 Å². The van der Waals surface area contributed by atoms with Crippen molar-refractivity contribution in [3.8, 4) is 28.8 Å². The number of methoxy groups -OCH3 is 2. The van der Waals surface area contributed by atoms with Gasteiger partial charge in [0.25, 0.3) is 0 Å². The first-order chi connectivity index (χ1) is 11.3. The maximum Gasteiger partial charge on any atom is 0.161 e. The van der Waals surface area contributed by atoms with Gasteiger partial charge < -0.3 is 9.47 Å². The van der Waals surface area contributed by atoms with E-state index in [9.17, 15) is 5.26 Å². The van der Waals surface area contributed by atoms with Crippen LogP contribution in [0.2, 0.25) is 0 Å². The highest BCUT2D eigenvalue weighted by Crippen LogP contribution is 2.36. The van der Waals surface area contributed by atoms with E-state index in [1.54, 1.807) is 14.2 Å². The normalized spacial score (nSPS) is 13.7. The minimum absolute atomic E-state index is 0.675. The molecule has 118 valence electrons. The van der Waals surface area contributed by atoms with Crippen molar-refractivity contribution >= 4 is 16.9 Å². The van der Waals surface area contributed by atoms with Crippen molar-refractivity contribution in [2.45, 2.75) is 25.7 Å². The van der Waals surface area contributed by atoms with Crippen LogP contribution in [0.4, 0.5) is 0 Å². The Bertz CT molecular complexity index is 779. The lowest BCUT2D eigenvalue weighted by atomic mass is 10.1. The van der Waals surface area contributed by atoms with Crippen molar-refractivity contribution < 1.29 is 9.47 Å². The summed E-state index contributed by atoms with van der Waals surface area (Å²) in [7, 11) is 3.23. The largest absolute Gasteiger partial charge is 0.493 e. The monoisotopic (exact) mass is 326 g/mol. The molecule has 1 saturated carbocycles. The summed E-state index contributed by atoms with van der Waals surface area (Å²) in [5.41, 5.74) is 3.83. The molecule has 1 fully saturated rings. The summed E-state index contributed by atoms with van der Waals surface area (Å²) in [4.78, 5) is 4.67. The van der Waals surface area contributed by atoms with Crippen molar-refractivity contribution in [3.63, 3.8) is 0 Å². The average Bonchev–Trinajstić information content (AvgIpc) is 3.27. The van der Waals surface area contributed by atoms with E-state index in [0.717, 1.165) is 34.7 Å². The van der Waals surface area contributed by atoms with Crippen molar-refractivity contribution in [2.75, 3.05) is 14.2 Å². The van der Waals surface area contributed by atoms with E-state index in [1.165, 1.54) is 29.8 Å². The van der Waals surface area contributed by atoms with E-state index >= 15 is 0 Å². The molecule has 0 spiro atoms. The number of rotatable bonds is 4. The molecule has 0 amide bonds. The second kappa shape index (κ2) is 6.84. The van der Waals surface area contributed by atoms with Gasteiger partial charge in [0.1, 0.15) is 11.1 Å². The quantitative estimate of drug-likeness (QED) is 0.766. The number of ether oxygens (including phenoxy) is 2. The molecule has 2 aromatic rings. The van der Waals surface area contributed by atoms with Gasteiger partial charge in [-0.15, -0.1) is 11.3 Å². The molecule has 0 saturated heterocycles. The Balaban J connectivity index is 1.96. The fourth-order valence-corrected chi connectivity index (χ4v) is 3.72. The molecule has 4 nitrogen and oxygen atoms in total. The molecule has 23 heavy (non-hydrogen) atoms. The first-order valence-corrected chi connectivity index (χ1v) is 8.45. The van der Waals surface area contributed by atoms with Crippen LogP contribution in [-0.4, -0.2) is 19.2 Å². The Labute approximate surface area is 140 Å². The van der Waals surface area contributed by atoms with Crippen LogP contribution >= 0.6 is 11.3 Å². The van der Waals surface area contributed by atoms with Gasteiger partial charge in [0.05, 0.1) is 25.5 Å². The molecule has 0 N–H and O–H groups in total. The molecule has 5 heteroatoms. The van der Waals surface area contributed by atoms with E-state index in [1.807, 2.05) is 23.6 Å². The van der Waals surface area contributed by atoms with Crippen LogP contribution in [0.25, 0.3) is 16.8 Å². The van der Waals surface area contributed by atoms with E-state index in [0.29, 0.717) is 11.5 Å². The molecule has 1 aromatic heterocycles. The molecule has 1 aliphatic carbocycles. The molecular weight excluding hydrogens is 308 g/mol. The van der Waals surface area contributed by atoms with Crippen molar-refractivity contribution in [2.24, 2.45) is 0 Å². The third-order valence-electron chi connectivity index (χ3n) is 4.07. The Kier molecular flexibility index (Phi) is 4.63. The number of nitrogens with zero attached hydrogens (tertiary/aromatic N) is 2. The van der Waals surface area contributed by atoms with Gasteiger partial charge in [-0.3, -0.25) is 0 Å². The number of thiazole rings is 1. The van der Waals surface area contributed by atoms with Crippen LogP contribution in [0.3, 0.4) is 0 Å². The lowest BCUT2D eigenvalue weighted by molar-refractivity contribution is 0.355. The molecule has 0 bridgehead atoms. The highest BCUT2D eigenvalue weighted by molar-refractivity contribution is 7.11. The van der Waals surface area contributed by atoms with Crippen molar-refractivity contribution in [1.82, 2.24) is 4.98 Å². The zero-order valence-corrected chi connectivity index (χ0v) is 14.1. The summed E-state index contributed by atoms with van der Waals surface area (Å²) in [6.45, 7) is 0. The SMILES string of the molecule is COc1ccc(-c2csc(C(C#N)=C3CCCC3)n2)cc1OC. The maximum absolute atomic E-state index is 9.49. The summed E-state index contributed by atoms with van der Waals surface area (Å²) in [6, 6.07) is 8.08. The van der Waals surface area contributed by atoms with Crippen LogP contribution in [0, 0.1) is 11.3 Å². The molecule has 1 aromatic carbocycles. The molecule has 0 radical (unpaired) electrons. The first kappa shape index (κ1) is 15.6. The van der Waals surface area contributed by atoms with Crippen LogP contribution in [0.15, 0.2) is 29.2 Å². The molecular formula is C18H18N2O2S. The maximum atomic E-state index is 9.49. The van der Waals surface area contributed by atoms with Crippen LogP contribution in [0.1, 0.15) is 30.7 Å². The summed E-state index contributed by atoms with van der Waals surface area (Å²) in [6.07, 6.45) is 4.39. The lowest BCUT2D eigenvalue weighted by Gasteiger charge is -2.08. The summed E-state index contributed by atoms with van der Waals surface area (Å²) in [5.74, 6) is 1.37. The lowest BCUT2D eigenvalue weighted by Crippen LogP contribution is -1.91. The van der Waals surface area contributed by atoms with Gasteiger partial charge in [0.15, 0.2) is 11.5 Å². The fraction of sp³-hybridized carbons (Fsp3) is 0.333. The second-order valence-corrected chi connectivity index (χ2v) is 6.26. The zero-order chi connectivity index (χ0) is 16.2. The Morgan fingerprint density at radius 1 is 1.17 bits per heavy atom. The Morgan fingerprint density at radius 2 is 1.91 bits per heavy atom. The predicted molar refractivity (Wildman–Crippen MR) is 91.7 cm³/mol. The second-order valence-electron chi connectivity index (χ2n) is 5.41. The number of hydrogen-bond acceptors (Lipinski definition) is 5. The van der Waals surface area contributed by atoms with Gasteiger partial charge in [-0.05, 0) is 49.5 Å². The minimum atomic E-state index is 0.675. The first-order valence-electron chi connectivity index (χ1n) is 7.57. The minimum Gasteiger partial charge on any atom is -0.493 e. The average molecular weight is 326 g/mol. The number of hydrogen-bond donors (Lipinski definition) is 0. The number of allylic oxidation sites excluding steroid dienone is 2. The number of nitriles is 1. The van der Waals surface area contributed by atoms with Gasteiger partial charge >= 0.3 is 0 Å². The molecule has 0 unspecified atom stereocenters. The van der Waals surface area contributed by atoms with E-state index in [2.05, 4.69) is 11.1 Å². The summed E-state index contributed by atoms with van der Waals surface area (Å²) < 4.78 is 10.6. The molecule has 1 aliphatic rings. The number of aromatic nitrogens is 1. The topological polar surface area (TPSA) is 55.1 Å². The van der Waals surface area contributed by atoms with Crippen LogP contribution in [0.5, 0.6) is 11.5 Å². The van der Waals surface area contributed by atoms with E-state index in [4.69, 9.17) is 9.47 Å². The Morgan fingerprint density at radius 3 is 2.57 bits per heavy atom. The van der Waals surface area contributed by atoms with Crippen LogP contribution in [-0.2, 0) is 0 Å². The van der Waals surface area contributed by atoms with Gasteiger partial charge in [0.2, 0.25) is 0 Å². The highest BCUT2D eigenvalue weighted by Gasteiger charge is 2.17. The van der Waals surface area contributed by atoms with Crippen molar-refractivity contribution in [3.05, 3.63) is 34.2 Å². The van der Waals surface area contributed by atoms with Gasteiger partial charge in [-0.25, -0.2) is 4.98 Å². The fourth-order valence-electron chi connectivity index (χ4n) is 2.85. The standard InChI is InChI=1S/C18H18N2O2S/c1-21-16-8-7-13(9-17(16)22-2)15-11-23-18(20-15)14(10-19)12-5-3-4-6-12/h7-9,11H,3-6H2,1-2H3. The van der Waals surface area contributed by atoms with Gasteiger partial charge in [0, 0.05) is 10.9 Å². The Hall–Kier alpha value is -2.32. The third-order valence-corrected chi connectivity index (χ3v) is 4.93. The number of benzene rings is 1. The smallest absolute Gasteiger partial charge is 0.161 e.